The number of methoxy groups -OCH3 is 1. The highest BCUT2D eigenvalue weighted by Gasteiger charge is 2.48. The number of nitrogens with two attached hydrogens (primary N) is 3. The Morgan fingerprint density at radius 3 is 1.91 bits per heavy atom. The zero-order chi connectivity index (χ0) is 99.1. The molecule has 46 heteroatoms. The maximum atomic E-state index is 15.8. The number of carbonyl (C=O) groups excluding carboxylic acids is 17. The van der Waals surface area contributed by atoms with Gasteiger partial charge in [0.1, 0.15) is 90.8 Å². The predicted octanol–water partition coefficient (Wildman–Crippen LogP) is -4.37. The van der Waals surface area contributed by atoms with Crippen molar-refractivity contribution in [3.05, 3.63) is 114 Å². The van der Waals surface area contributed by atoms with E-state index in [0.717, 1.165) is 36.3 Å². The lowest BCUT2D eigenvalue weighted by Crippen LogP contribution is -2.62. The van der Waals surface area contributed by atoms with Crippen molar-refractivity contribution in [2.24, 2.45) is 17.2 Å². The molecule has 16 atom stereocenters. The number of benzene rings is 3. The van der Waals surface area contributed by atoms with Crippen LogP contribution < -0.4 is 80.0 Å². The van der Waals surface area contributed by atoms with Crippen LogP contribution >= 0.6 is 11.8 Å². The Hall–Kier alpha value is -13.6. The topological polar surface area (TPSA) is 661 Å². The number of H-pyrrole nitrogens is 2. The van der Waals surface area contributed by atoms with Crippen LogP contribution in [0.1, 0.15) is 127 Å². The molecule has 7 heterocycles. The Labute approximate surface area is 786 Å². The number of amides is 17. The minimum atomic E-state index is -1.99. The monoisotopic (exact) mass is 1910 g/mol. The number of nitrogens with zero attached hydrogens (tertiary/aromatic N) is 7. The number of ether oxygens (including phenoxy) is 1. The number of fused-ring (bicyclic) bond motifs is 8. The number of carboxylic acid groups (broad SMARTS) is 1. The van der Waals surface area contributed by atoms with Gasteiger partial charge < -0.3 is 130 Å². The van der Waals surface area contributed by atoms with Crippen LogP contribution in [0.4, 0.5) is 5.69 Å². The molecule has 4 aliphatic heterocycles. The number of anilines is 1. The lowest BCUT2D eigenvalue weighted by atomic mass is 9.95. The molecular formula is C90H122N22O23S. The van der Waals surface area contributed by atoms with Crippen molar-refractivity contribution in [2.75, 3.05) is 70.4 Å². The Bertz CT molecular complexity index is 5380. The highest BCUT2D eigenvalue weighted by Crippen LogP contribution is 2.35. The molecule has 136 heavy (non-hydrogen) atoms. The first kappa shape index (κ1) is 104. The van der Waals surface area contributed by atoms with E-state index in [0.29, 0.717) is 57.8 Å². The van der Waals surface area contributed by atoms with Crippen molar-refractivity contribution in [3.63, 3.8) is 0 Å². The van der Waals surface area contributed by atoms with Gasteiger partial charge in [-0.25, -0.2) is 4.98 Å². The summed E-state index contributed by atoms with van der Waals surface area (Å²) in [6, 6.07) is -4.48. The summed E-state index contributed by atoms with van der Waals surface area (Å²) >= 11 is 0.944. The minimum absolute atomic E-state index is 0.0454. The van der Waals surface area contributed by atoms with Gasteiger partial charge >= 0.3 is 5.97 Å². The molecule has 3 saturated heterocycles. The number of hydrogen-bond acceptors (Lipinski definition) is 25. The van der Waals surface area contributed by atoms with Gasteiger partial charge in [-0.05, 0) is 80.8 Å². The van der Waals surface area contributed by atoms with Gasteiger partial charge in [0.15, 0.2) is 0 Å². The van der Waals surface area contributed by atoms with E-state index in [4.69, 9.17) is 21.9 Å². The van der Waals surface area contributed by atoms with E-state index in [2.05, 4.69) is 68.1 Å². The highest BCUT2D eigenvalue weighted by molar-refractivity contribution is 8.00. The van der Waals surface area contributed by atoms with Gasteiger partial charge in [-0.15, -0.1) is 11.8 Å². The SMILES string of the molecule is CCCC[C@H]1C(=O)N(C)[C@@H](CCCC)C(=O)N[C@@H](C(C)O)C(=O)N[C@H](CNCC(N)=O)CSCC(=O)N[C@H]2Cc3ccc(OC)cc3N(C2=O)[C@@H](C)C(=O)N[C@@H](CC(N)=O)C(=O)N2CCC[C@H]2C(=O)N[C@@H](Cc2c[nH]cn2)C(=O)N[C@@H](CCC(N)=O)C(=O)N2C[C@H](O)C[C@H]2C(=O)N[C@@H](Cc2c[nH]c3ccccc23)C(=O)N[C@@H](CO)C(=O)N[C@@H](Cc2cn(CC(=O)O)c3ccccc23)C(=O)N1C. The summed E-state index contributed by atoms with van der Waals surface area (Å²) < 4.78 is 6.91. The maximum Gasteiger partial charge on any atom is 0.323 e. The lowest BCUT2D eigenvalue weighted by molar-refractivity contribution is -0.149. The second kappa shape index (κ2) is 48.5. The van der Waals surface area contributed by atoms with Crippen molar-refractivity contribution >= 4 is 146 Å². The first-order chi connectivity index (χ1) is 64.8. The number of carbonyl (C=O) groups is 18. The number of unbranched alkanes of at least 4 members (excludes halogenated alkanes) is 2. The quantitative estimate of drug-likeness (QED) is 0.0244. The van der Waals surface area contributed by atoms with Crippen LogP contribution in [0.2, 0.25) is 0 Å². The third kappa shape index (κ3) is 26.9. The number of nitrogens with one attached hydrogen (secondary N) is 12. The molecule has 6 aromatic rings. The normalized spacial score (nSPS) is 25.1. The molecular weight excluding hydrogens is 1790 g/mol. The number of likely N-dealkylation sites (N-methyl/N-ethyl adjacent to an activating group) is 2. The smallest absolute Gasteiger partial charge is 0.323 e. The maximum absolute atomic E-state index is 15.8. The van der Waals surface area contributed by atoms with E-state index >= 15 is 47.9 Å². The van der Waals surface area contributed by atoms with E-state index in [1.807, 2.05) is 13.8 Å². The Balaban J connectivity index is 1.03. The van der Waals surface area contributed by atoms with Crippen LogP contribution in [0.25, 0.3) is 21.8 Å². The fraction of sp³-hybridized carbons (Fsp3) is 0.522. The molecule has 0 spiro atoms. The van der Waals surface area contributed by atoms with E-state index in [9.17, 15) is 58.8 Å². The van der Waals surface area contributed by atoms with Crippen LogP contribution in [0, 0.1) is 0 Å². The molecule has 3 aromatic carbocycles. The Morgan fingerprint density at radius 1 is 0.632 bits per heavy atom. The van der Waals surface area contributed by atoms with Gasteiger partial charge in [0.05, 0.1) is 68.4 Å². The summed E-state index contributed by atoms with van der Waals surface area (Å²) in [6.07, 6.45) is 0.159. The van der Waals surface area contributed by atoms with E-state index in [1.165, 1.54) is 64.4 Å². The van der Waals surface area contributed by atoms with Gasteiger partial charge in [0.25, 0.3) is 5.91 Å². The van der Waals surface area contributed by atoms with Crippen molar-refractivity contribution in [3.8, 4) is 5.75 Å². The number of para-hydroxylation sites is 2. The van der Waals surface area contributed by atoms with Gasteiger partial charge in [-0.3, -0.25) is 91.2 Å². The molecule has 0 radical (unpaired) electrons. The number of primary amides is 3. The number of rotatable bonds is 26. The number of aliphatic hydroxyl groups excluding tert-OH is 3. The van der Waals surface area contributed by atoms with Gasteiger partial charge in [0, 0.05) is 124 Å². The molecule has 17 amide bonds. The van der Waals surface area contributed by atoms with Crippen molar-refractivity contribution in [1.82, 2.24) is 92.3 Å². The third-order valence-corrected chi connectivity index (χ3v) is 25.6. The van der Waals surface area contributed by atoms with Gasteiger partial charge in [0.2, 0.25) is 94.5 Å². The second-order valence-corrected chi connectivity index (χ2v) is 35.5. The zero-order valence-electron chi connectivity index (χ0n) is 76.7. The van der Waals surface area contributed by atoms with Gasteiger partial charge in [-0.2, -0.15) is 0 Å². The highest BCUT2D eigenvalue weighted by atomic mass is 32.2. The van der Waals surface area contributed by atoms with E-state index in [1.54, 1.807) is 66.9 Å². The largest absolute Gasteiger partial charge is 0.497 e. The first-order valence-corrected chi connectivity index (χ1v) is 46.3. The fourth-order valence-corrected chi connectivity index (χ4v) is 18.3. The molecule has 45 nitrogen and oxygen atoms in total. The molecule has 2 bridgehead atoms. The van der Waals surface area contributed by atoms with Crippen LogP contribution in [-0.4, -0.2) is 328 Å². The summed E-state index contributed by atoms with van der Waals surface area (Å²) in [5.74, 6) is -18.2. The van der Waals surface area contributed by atoms with Crippen LogP contribution in [0.15, 0.2) is 91.6 Å². The van der Waals surface area contributed by atoms with Crippen LogP contribution in [0.5, 0.6) is 5.75 Å². The Morgan fingerprint density at radius 2 is 1.26 bits per heavy atom. The number of thioether (sulfide) groups is 1. The summed E-state index contributed by atoms with van der Waals surface area (Å²) in [6.45, 7) is 3.06. The van der Waals surface area contributed by atoms with Crippen molar-refractivity contribution in [2.45, 2.75) is 234 Å². The standard InChI is InChI=1S/C90H122N22O23S/c1-8-10-20-67-82(126)106-77(48(4)114)85(129)98-53(38-94-39-74(93)118)44-136-45-75(119)99-63-29-49-24-25-55(135-7)34-70(49)112(89(63)133)47(3)78(122)103-64(35-73(92)117)88(132)110-28-16-23-68(110)83(127)102-61(32-52-37-95-46-97-52)80(124)100-59(26-27-72(91)116)87(131)111-41-54(115)33-71(111)84(128)101-60(30-50-36-96-58-19-14-12-17-56(50)58)79(123)105-65(43-113)81(125)104-62(86(130)108(6)69(21-11-9-2)90(134)107(67)5)31-51-40-109(42-76(120)121)66-22-15-13-18-57(51)66/h12-15,17-19,22,24-25,34,36-37,40,46-48,53-54,59-65,67-69,71,77,94,96,113-115H,8-11,16,20-21,23,26-33,35,38-39,41-45H2,1-7H3,(H2,91,116)(H2,92,117)(H2,93,118)(H,95,97)(H,98,129)(H,99,119)(H,100,124)(H,101,128)(H,102,127)(H,103,122)(H,104,125)(H,105,123)(H,106,126)(H,120,121)/t47-,48?,53+,54+,59-,60-,61-,62-,63-,64-,65-,67-,68-,69-,71-,77-/m0/s1. The Kier molecular flexibility index (Phi) is 37.3. The predicted molar refractivity (Wildman–Crippen MR) is 492 cm³/mol. The lowest BCUT2D eigenvalue weighted by Gasteiger charge is -2.38. The van der Waals surface area contributed by atoms with Crippen LogP contribution in [0.3, 0.4) is 0 Å². The number of aliphatic carboxylic acids is 1. The van der Waals surface area contributed by atoms with E-state index in [-0.39, 0.29) is 80.9 Å². The average Bonchev–Trinajstić information content (AvgIpc) is 1.31. The second-order valence-electron chi connectivity index (χ2n) is 34.5. The first-order valence-electron chi connectivity index (χ1n) is 45.1. The number of carboxylic acids is 1. The number of hydrogen-bond donors (Lipinski definition) is 19. The minimum Gasteiger partial charge on any atom is -0.497 e. The van der Waals surface area contributed by atoms with Crippen molar-refractivity contribution < 1.29 is 111 Å². The van der Waals surface area contributed by atoms with Crippen LogP contribution in [-0.2, 0) is 119 Å². The molecule has 3 fully saturated rings. The molecule has 0 saturated carbocycles. The average molecular weight is 1910 g/mol. The fourth-order valence-electron chi connectivity index (χ4n) is 17.4. The van der Waals surface area contributed by atoms with Crippen molar-refractivity contribution in [1.29, 1.82) is 0 Å². The molecule has 0 aliphatic carbocycles. The summed E-state index contributed by atoms with van der Waals surface area (Å²) in [5.41, 5.74) is 19.4. The summed E-state index contributed by atoms with van der Waals surface area (Å²) in [7, 11) is 3.95. The molecule has 10 rings (SSSR count). The molecule has 1 unspecified atom stereocenters. The summed E-state index contributed by atoms with van der Waals surface area (Å²) in [4.78, 5) is 277. The zero-order valence-corrected chi connectivity index (χ0v) is 77.5. The van der Waals surface area contributed by atoms with E-state index < -0.39 is 274 Å². The number of aromatic nitrogens is 4. The number of aromatic amines is 2. The molecule has 22 N–H and O–H groups in total. The molecule has 4 aliphatic rings. The summed E-state index contributed by atoms with van der Waals surface area (Å²) in [5, 5.41) is 71.8. The number of imidazole rings is 1. The molecule has 3 aromatic heterocycles. The van der Waals surface area contributed by atoms with Gasteiger partial charge in [-0.1, -0.05) is 82.0 Å². The number of aliphatic hydroxyl groups is 3. The molecule has 736 valence electrons. The third-order valence-electron chi connectivity index (χ3n) is 24.5.